The van der Waals surface area contributed by atoms with Gasteiger partial charge in [0.2, 0.25) is 5.88 Å². The highest BCUT2D eigenvalue weighted by Crippen LogP contribution is 2.25. The Morgan fingerprint density at radius 3 is 3.05 bits per heavy atom. The molecule has 116 valence electrons. The highest BCUT2D eigenvalue weighted by molar-refractivity contribution is 5.77. The van der Waals surface area contributed by atoms with E-state index < -0.39 is 0 Å². The van der Waals surface area contributed by atoms with E-state index in [0.717, 1.165) is 18.0 Å². The van der Waals surface area contributed by atoms with Crippen LogP contribution in [0.25, 0.3) is 0 Å². The van der Waals surface area contributed by atoms with Crippen LogP contribution >= 0.6 is 0 Å². The molecule has 21 heavy (non-hydrogen) atoms. The van der Waals surface area contributed by atoms with Gasteiger partial charge in [-0.1, -0.05) is 12.5 Å². The summed E-state index contributed by atoms with van der Waals surface area (Å²) in [5, 5.41) is 3.17. The van der Waals surface area contributed by atoms with Gasteiger partial charge in [0.1, 0.15) is 6.61 Å². The Labute approximate surface area is 125 Å². The lowest BCUT2D eigenvalue weighted by Gasteiger charge is -2.25. The molecule has 1 aromatic heterocycles. The van der Waals surface area contributed by atoms with Crippen molar-refractivity contribution in [3.05, 3.63) is 23.9 Å². The van der Waals surface area contributed by atoms with Gasteiger partial charge in [-0.25, -0.2) is 9.98 Å². The minimum Gasteiger partial charge on any atom is -0.475 e. The number of methoxy groups -OCH3 is 1. The zero-order valence-corrected chi connectivity index (χ0v) is 12.5. The first-order chi connectivity index (χ1) is 10.3. The lowest BCUT2D eigenvalue weighted by Crippen LogP contribution is -2.37. The molecule has 1 aliphatic rings. The second-order valence-corrected chi connectivity index (χ2v) is 5.19. The fourth-order valence-electron chi connectivity index (χ4n) is 2.07. The van der Waals surface area contributed by atoms with Crippen LogP contribution in [0.15, 0.2) is 23.3 Å². The molecule has 0 bridgehead atoms. The predicted molar refractivity (Wildman–Crippen MR) is 82.3 cm³/mol. The van der Waals surface area contributed by atoms with Gasteiger partial charge in [-0.15, -0.1) is 0 Å². The average molecular weight is 292 g/mol. The van der Waals surface area contributed by atoms with Gasteiger partial charge in [-0.3, -0.25) is 0 Å². The first-order valence-corrected chi connectivity index (χ1v) is 7.39. The van der Waals surface area contributed by atoms with Gasteiger partial charge >= 0.3 is 0 Å². The van der Waals surface area contributed by atoms with E-state index in [-0.39, 0.29) is 0 Å². The largest absolute Gasteiger partial charge is 0.475 e. The number of hydrogen-bond donors (Lipinski definition) is 2. The number of nitrogens with one attached hydrogen (secondary N) is 1. The van der Waals surface area contributed by atoms with E-state index in [1.807, 2.05) is 12.1 Å². The zero-order chi connectivity index (χ0) is 14.9. The summed E-state index contributed by atoms with van der Waals surface area (Å²) in [5.41, 5.74) is 6.80. The van der Waals surface area contributed by atoms with Crippen LogP contribution in [0.1, 0.15) is 24.8 Å². The first-order valence-electron chi connectivity index (χ1n) is 7.39. The minimum atomic E-state index is 0.458. The van der Waals surface area contributed by atoms with Crippen molar-refractivity contribution in [2.24, 2.45) is 16.6 Å². The van der Waals surface area contributed by atoms with Crippen LogP contribution in [-0.2, 0) is 11.3 Å². The Balaban J connectivity index is 1.82. The summed E-state index contributed by atoms with van der Waals surface area (Å²) in [6, 6.07) is 3.81. The van der Waals surface area contributed by atoms with Crippen molar-refractivity contribution in [3.8, 4) is 5.88 Å². The average Bonchev–Trinajstić information content (AvgIpc) is 2.45. The lowest BCUT2D eigenvalue weighted by atomic mass is 9.85. The van der Waals surface area contributed by atoms with Crippen molar-refractivity contribution in [1.29, 1.82) is 0 Å². The van der Waals surface area contributed by atoms with Gasteiger partial charge in [-0.05, 0) is 24.8 Å². The van der Waals surface area contributed by atoms with E-state index >= 15 is 0 Å². The summed E-state index contributed by atoms with van der Waals surface area (Å²) in [7, 11) is 1.64. The second kappa shape index (κ2) is 8.46. The molecular formula is C15H24N4O2. The number of aromatic nitrogens is 1. The summed E-state index contributed by atoms with van der Waals surface area (Å²) in [5.74, 6) is 1.82. The Morgan fingerprint density at radius 1 is 1.48 bits per heavy atom. The standard InChI is InChI=1S/C15H24N4O2/c1-20-8-9-21-14-13(6-3-7-17-14)11-19-15(16)18-10-12-4-2-5-12/h3,6-7,12H,2,4-5,8-11H2,1H3,(H3,16,18,19). The molecule has 0 atom stereocenters. The summed E-state index contributed by atoms with van der Waals surface area (Å²) in [4.78, 5) is 8.56. The molecular weight excluding hydrogens is 268 g/mol. The number of nitrogens with zero attached hydrogens (tertiary/aromatic N) is 2. The second-order valence-electron chi connectivity index (χ2n) is 5.19. The molecule has 1 saturated carbocycles. The van der Waals surface area contributed by atoms with Crippen molar-refractivity contribution in [2.45, 2.75) is 25.8 Å². The van der Waals surface area contributed by atoms with Crippen molar-refractivity contribution < 1.29 is 9.47 Å². The van der Waals surface area contributed by atoms with Gasteiger partial charge in [0.25, 0.3) is 0 Å². The molecule has 0 aliphatic heterocycles. The predicted octanol–water partition coefficient (Wildman–Crippen LogP) is 1.31. The number of ether oxygens (including phenoxy) is 2. The van der Waals surface area contributed by atoms with Crippen LogP contribution in [0, 0.1) is 5.92 Å². The number of nitrogens with two attached hydrogens (primary N) is 1. The summed E-state index contributed by atoms with van der Waals surface area (Å²) in [6.45, 7) is 2.38. The third kappa shape index (κ3) is 5.23. The Bertz CT molecular complexity index is 461. The molecule has 2 rings (SSSR count). The molecule has 0 spiro atoms. The van der Waals surface area contributed by atoms with E-state index in [4.69, 9.17) is 15.2 Å². The molecule has 0 saturated heterocycles. The minimum absolute atomic E-state index is 0.458. The van der Waals surface area contributed by atoms with Crippen molar-refractivity contribution in [3.63, 3.8) is 0 Å². The Kier molecular flexibility index (Phi) is 6.27. The van der Waals surface area contributed by atoms with Crippen molar-refractivity contribution >= 4 is 5.96 Å². The SMILES string of the molecule is COCCOc1ncccc1CN=C(N)NCC1CCC1. The van der Waals surface area contributed by atoms with E-state index in [9.17, 15) is 0 Å². The number of hydrogen-bond acceptors (Lipinski definition) is 4. The first kappa shape index (κ1) is 15.6. The quantitative estimate of drug-likeness (QED) is 0.429. The van der Waals surface area contributed by atoms with Crippen LogP contribution < -0.4 is 15.8 Å². The smallest absolute Gasteiger partial charge is 0.218 e. The fraction of sp³-hybridized carbons (Fsp3) is 0.600. The van der Waals surface area contributed by atoms with Gasteiger partial charge in [-0.2, -0.15) is 0 Å². The lowest BCUT2D eigenvalue weighted by molar-refractivity contribution is 0.143. The Morgan fingerprint density at radius 2 is 2.33 bits per heavy atom. The van der Waals surface area contributed by atoms with E-state index in [0.29, 0.717) is 31.6 Å². The molecule has 3 N–H and O–H groups in total. The van der Waals surface area contributed by atoms with Gasteiger partial charge in [0, 0.05) is 25.4 Å². The molecule has 1 heterocycles. The highest BCUT2D eigenvalue weighted by Gasteiger charge is 2.16. The summed E-state index contributed by atoms with van der Waals surface area (Å²) < 4.78 is 10.5. The van der Waals surface area contributed by atoms with Crippen LogP contribution in [-0.4, -0.2) is 37.8 Å². The summed E-state index contributed by atoms with van der Waals surface area (Å²) >= 11 is 0. The van der Waals surface area contributed by atoms with Crippen LogP contribution in [0.2, 0.25) is 0 Å². The number of guanidine groups is 1. The topological polar surface area (TPSA) is 81.8 Å². The maximum Gasteiger partial charge on any atom is 0.218 e. The molecule has 0 unspecified atom stereocenters. The molecule has 6 nitrogen and oxygen atoms in total. The number of rotatable bonds is 8. The summed E-state index contributed by atoms with van der Waals surface area (Å²) in [6.07, 6.45) is 5.62. The van der Waals surface area contributed by atoms with Crippen LogP contribution in [0.5, 0.6) is 5.88 Å². The molecule has 0 aromatic carbocycles. The zero-order valence-electron chi connectivity index (χ0n) is 12.5. The monoisotopic (exact) mass is 292 g/mol. The molecule has 1 aromatic rings. The maximum atomic E-state index is 5.88. The molecule has 1 fully saturated rings. The van der Waals surface area contributed by atoms with Crippen LogP contribution in [0.3, 0.4) is 0 Å². The third-order valence-corrected chi connectivity index (χ3v) is 3.59. The molecule has 0 amide bonds. The van der Waals surface area contributed by atoms with Crippen molar-refractivity contribution in [1.82, 2.24) is 10.3 Å². The van der Waals surface area contributed by atoms with E-state index in [1.54, 1.807) is 13.3 Å². The normalized spacial score (nSPS) is 15.6. The Hall–Kier alpha value is -1.82. The highest BCUT2D eigenvalue weighted by atomic mass is 16.5. The third-order valence-electron chi connectivity index (χ3n) is 3.59. The molecule has 6 heteroatoms. The van der Waals surface area contributed by atoms with Crippen LogP contribution in [0.4, 0.5) is 0 Å². The van der Waals surface area contributed by atoms with Gasteiger partial charge < -0.3 is 20.5 Å². The maximum absolute atomic E-state index is 5.88. The van der Waals surface area contributed by atoms with E-state index in [1.165, 1.54) is 19.3 Å². The van der Waals surface area contributed by atoms with Crippen molar-refractivity contribution in [2.75, 3.05) is 26.9 Å². The molecule has 1 aliphatic carbocycles. The number of aliphatic imine (C=N–C) groups is 1. The molecule has 0 radical (unpaired) electrons. The van der Waals surface area contributed by atoms with E-state index in [2.05, 4.69) is 15.3 Å². The number of pyridine rings is 1. The van der Waals surface area contributed by atoms with Gasteiger partial charge in [0.15, 0.2) is 5.96 Å². The van der Waals surface area contributed by atoms with Gasteiger partial charge in [0.05, 0.1) is 13.2 Å². The fourth-order valence-corrected chi connectivity index (χ4v) is 2.07.